The Morgan fingerprint density at radius 2 is 2.05 bits per heavy atom. The van der Waals surface area contributed by atoms with Gasteiger partial charge in [0, 0.05) is 24.2 Å². The number of aromatic nitrogens is 4. The van der Waals surface area contributed by atoms with Crippen molar-refractivity contribution in [2.75, 3.05) is 0 Å². The van der Waals surface area contributed by atoms with Gasteiger partial charge >= 0.3 is 0 Å². The van der Waals surface area contributed by atoms with Gasteiger partial charge in [0.25, 0.3) is 0 Å². The zero-order valence-electron chi connectivity index (χ0n) is 10.9. The third-order valence-corrected chi connectivity index (χ3v) is 3.33. The molecule has 0 aliphatic carbocycles. The van der Waals surface area contributed by atoms with Gasteiger partial charge in [0.15, 0.2) is 5.43 Å². The van der Waals surface area contributed by atoms with E-state index in [1.54, 1.807) is 10.7 Å². The third-order valence-electron chi connectivity index (χ3n) is 3.33. The van der Waals surface area contributed by atoms with Crippen molar-refractivity contribution < 1.29 is 0 Å². The van der Waals surface area contributed by atoms with E-state index in [1.807, 2.05) is 38.2 Å². The lowest BCUT2D eigenvalue weighted by molar-refractivity contribution is 0.653. The summed E-state index contributed by atoms with van der Waals surface area (Å²) in [5, 5.41) is 4.80. The van der Waals surface area contributed by atoms with Gasteiger partial charge in [-0.25, -0.2) is 4.98 Å². The van der Waals surface area contributed by atoms with Crippen molar-refractivity contribution in [3.8, 4) is 0 Å². The molecule has 0 fully saturated rings. The van der Waals surface area contributed by atoms with Gasteiger partial charge in [-0.2, -0.15) is 5.10 Å². The number of rotatable bonds is 2. The lowest BCUT2D eigenvalue weighted by Crippen LogP contribution is -2.15. The predicted octanol–water partition coefficient (Wildman–Crippen LogP) is 1.49. The maximum atomic E-state index is 12.0. The van der Waals surface area contributed by atoms with Gasteiger partial charge in [-0.1, -0.05) is 12.1 Å². The van der Waals surface area contributed by atoms with Crippen LogP contribution in [0, 0.1) is 6.92 Å². The minimum absolute atomic E-state index is 0.0577. The first kappa shape index (κ1) is 11.6. The fourth-order valence-electron chi connectivity index (χ4n) is 2.27. The molecule has 19 heavy (non-hydrogen) atoms. The molecule has 0 saturated heterocycles. The Labute approximate surface area is 110 Å². The molecule has 0 N–H and O–H groups in total. The summed E-state index contributed by atoms with van der Waals surface area (Å²) in [6.45, 7) is 2.54. The molecule has 0 radical (unpaired) electrons. The van der Waals surface area contributed by atoms with Crippen molar-refractivity contribution in [1.29, 1.82) is 0 Å². The highest BCUT2D eigenvalue weighted by Gasteiger charge is 2.08. The van der Waals surface area contributed by atoms with E-state index in [9.17, 15) is 4.79 Å². The van der Waals surface area contributed by atoms with Crippen LogP contribution in [0.3, 0.4) is 0 Å². The molecule has 3 rings (SSSR count). The van der Waals surface area contributed by atoms with Crippen molar-refractivity contribution in [2.24, 2.45) is 7.05 Å². The lowest BCUT2D eigenvalue weighted by Gasteiger charge is -2.13. The molecule has 0 unspecified atom stereocenters. The second-order valence-electron chi connectivity index (χ2n) is 4.55. The fraction of sp³-hybridized carbons (Fsp3) is 0.214. The summed E-state index contributed by atoms with van der Waals surface area (Å²) in [6, 6.07) is 9.29. The number of hydrogen-bond donors (Lipinski definition) is 0. The Hall–Kier alpha value is -2.43. The Kier molecular flexibility index (Phi) is 2.67. The summed E-state index contributed by atoms with van der Waals surface area (Å²) < 4.78 is 3.83. The van der Waals surface area contributed by atoms with E-state index in [0.717, 1.165) is 22.4 Å². The first-order valence-electron chi connectivity index (χ1n) is 6.09. The summed E-state index contributed by atoms with van der Waals surface area (Å²) in [5.41, 5.74) is 1.91. The van der Waals surface area contributed by atoms with Crippen LogP contribution in [0.2, 0.25) is 0 Å². The predicted molar refractivity (Wildman–Crippen MR) is 73.1 cm³/mol. The number of nitrogens with zero attached hydrogens (tertiary/aromatic N) is 4. The molecule has 2 heterocycles. The average molecular weight is 254 g/mol. The van der Waals surface area contributed by atoms with E-state index in [1.165, 1.54) is 6.33 Å². The normalized spacial score (nSPS) is 11.1. The molecule has 0 saturated carbocycles. The number of pyridine rings is 1. The Morgan fingerprint density at radius 3 is 2.79 bits per heavy atom. The monoisotopic (exact) mass is 254 g/mol. The Morgan fingerprint density at radius 1 is 1.26 bits per heavy atom. The van der Waals surface area contributed by atoms with Crippen molar-refractivity contribution >= 4 is 10.9 Å². The average Bonchev–Trinajstić information content (AvgIpc) is 2.80. The molecule has 96 valence electrons. The topological polar surface area (TPSA) is 52.7 Å². The van der Waals surface area contributed by atoms with E-state index in [4.69, 9.17) is 0 Å². The molecule has 0 bridgehead atoms. The van der Waals surface area contributed by atoms with Crippen LogP contribution >= 0.6 is 0 Å². The van der Waals surface area contributed by atoms with Gasteiger partial charge in [-0.3, -0.25) is 9.48 Å². The minimum atomic E-state index is 0.0577. The van der Waals surface area contributed by atoms with Crippen LogP contribution < -0.4 is 5.43 Å². The Bertz CT molecular complexity index is 801. The number of hydrogen-bond acceptors (Lipinski definition) is 3. The molecule has 0 aliphatic heterocycles. The summed E-state index contributed by atoms with van der Waals surface area (Å²) in [4.78, 5) is 16.2. The minimum Gasteiger partial charge on any atom is -0.337 e. The SMILES string of the molecule is Cc1cc(=O)c2ccccc2n1Cc1ncnn1C. The maximum absolute atomic E-state index is 12.0. The zero-order chi connectivity index (χ0) is 13.4. The number of aryl methyl sites for hydroxylation is 2. The first-order valence-corrected chi connectivity index (χ1v) is 6.09. The van der Waals surface area contributed by atoms with Crippen molar-refractivity contribution in [2.45, 2.75) is 13.5 Å². The molecule has 2 aromatic heterocycles. The van der Waals surface area contributed by atoms with Crippen molar-refractivity contribution in [3.63, 3.8) is 0 Å². The standard InChI is InChI=1S/C14H14N4O/c1-10-7-13(19)11-5-3-4-6-12(11)18(10)8-14-15-9-16-17(14)2/h3-7,9H,8H2,1-2H3. The van der Waals surface area contributed by atoms with Gasteiger partial charge in [0.1, 0.15) is 12.2 Å². The van der Waals surface area contributed by atoms with Gasteiger partial charge in [-0.15, -0.1) is 0 Å². The third kappa shape index (κ3) is 1.93. The smallest absolute Gasteiger partial charge is 0.189 e. The molecule has 5 heteroatoms. The second kappa shape index (κ2) is 4.35. The molecular weight excluding hydrogens is 240 g/mol. The van der Waals surface area contributed by atoms with Crippen molar-refractivity contribution in [3.05, 3.63) is 58.4 Å². The summed E-state index contributed by atoms with van der Waals surface area (Å²) in [5.74, 6) is 0.858. The first-order chi connectivity index (χ1) is 9.16. The van der Waals surface area contributed by atoms with Crippen molar-refractivity contribution in [1.82, 2.24) is 19.3 Å². The molecule has 0 amide bonds. The number of para-hydroxylation sites is 1. The molecular formula is C14H14N4O. The van der Waals surface area contributed by atoms with Gasteiger partial charge < -0.3 is 4.57 Å². The molecule has 1 aromatic carbocycles. The van der Waals surface area contributed by atoms with Crippen LogP contribution in [0.1, 0.15) is 11.5 Å². The van der Waals surface area contributed by atoms with E-state index in [0.29, 0.717) is 6.54 Å². The van der Waals surface area contributed by atoms with Gasteiger partial charge in [-0.05, 0) is 19.1 Å². The van der Waals surface area contributed by atoms with Crippen LogP contribution in [0.15, 0.2) is 41.5 Å². The number of fused-ring (bicyclic) bond motifs is 1. The van der Waals surface area contributed by atoms with Crippen LogP contribution in [0.5, 0.6) is 0 Å². The van der Waals surface area contributed by atoms with Crippen LogP contribution in [-0.4, -0.2) is 19.3 Å². The highest BCUT2D eigenvalue weighted by Crippen LogP contribution is 2.13. The van der Waals surface area contributed by atoms with Gasteiger partial charge in [0.05, 0.1) is 12.1 Å². The van der Waals surface area contributed by atoms with E-state index in [-0.39, 0.29) is 5.43 Å². The highest BCUT2D eigenvalue weighted by molar-refractivity contribution is 5.79. The quantitative estimate of drug-likeness (QED) is 0.696. The van der Waals surface area contributed by atoms with E-state index in [2.05, 4.69) is 14.6 Å². The molecule has 0 atom stereocenters. The molecule has 0 aliphatic rings. The molecule has 5 nitrogen and oxygen atoms in total. The summed E-state index contributed by atoms with van der Waals surface area (Å²) in [6.07, 6.45) is 1.54. The second-order valence-corrected chi connectivity index (χ2v) is 4.55. The molecule has 0 spiro atoms. The summed E-state index contributed by atoms with van der Waals surface area (Å²) in [7, 11) is 1.86. The highest BCUT2D eigenvalue weighted by atomic mass is 16.1. The van der Waals surface area contributed by atoms with Crippen LogP contribution in [0.4, 0.5) is 0 Å². The molecule has 3 aromatic rings. The van der Waals surface area contributed by atoms with E-state index >= 15 is 0 Å². The van der Waals surface area contributed by atoms with E-state index < -0.39 is 0 Å². The zero-order valence-corrected chi connectivity index (χ0v) is 10.9. The van der Waals surface area contributed by atoms with Crippen LogP contribution in [-0.2, 0) is 13.6 Å². The Balaban J connectivity index is 2.23. The largest absolute Gasteiger partial charge is 0.337 e. The lowest BCUT2D eigenvalue weighted by atomic mass is 10.2. The number of benzene rings is 1. The maximum Gasteiger partial charge on any atom is 0.189 e. The van der Waals surface area contributed by atoms with Crippen LogP contribution in [0.25, 0.3) is 10.9 Å². The van der Waals surface area contributed by atoms with Gasteiger partial charge in [0.2, 0.25) is 0 Å². The fourth-order valence-corrected chi connectivity index (χ4v) is 2.27. The summed E-state index contributed by atoms with van der Waals surface area (Å²) >= 11 is 0.